The van der Waals surface area contributed by atoms with Crippen molar-refractivity contribution >= 4 is 17.4 Å². The maximum Gasteiger partial charge on any atom is 0.147 e. The Labute approximate surface area is 82.7 Å². The topological polar surface area (TPSA) is 17.1 Å². The van der Waals surface area contributed by atoms with Gasteiger partial charge < -0.3 is 0 Å². The third-order valence-electron chi connectivity index (χ3n) is 2.79. The van der Waals surface area contributed by atoms with Crippen molar-refractivity contribution in [3.05, 3.63) is 34.3 Å². The third-order valence-corrected chi connectivity index (χ3v) is 3.03. The van der Waals surface area contributed by atoms with E-state index in [2.05, 4.69) is 0 Å². The molecule has 1 aromatic rings. The molecule has 0 atom stereocenters. The first kappa shape index (κ1) is 8.76. The Kier molecular flexibility index (Phi) is 1.74. The maximum absolute atomic E-state index is 11.6. The molecular weight excluding hydrogens is 184 g/mol. The van der Waals surface area contributed by atoms with Gasteiger partial charge in [0.05, 0.1) is 0 Å². The zero-order valence-electron chi connectivity index (χ0n) is 7.73. The molecule has 0 unspecified atom stereocenters. The van der Waals surface area contributed by atoms with Gasteiger partial charge in [-0.3, -0.25) is 4.79 Å². The van der Waals surface area contributed by atoms with Crippen LogP contribution < -0.4 is 0 Å². The van der Waals surface area contributed by atoms with Crippen molar-refractivity contribution in [1.82, 2.24) is 0 Å². The Hall–Kier alpha value is -0.820. The third kappa shape index (κ3) is 1.19. The van der Waals surface area contributed by atoms with Gasteiger partial charge in [0.25, 0.3) is 0 Å². The van der Waals surface area contributed by atoms with Crippen molar-refractivity contribution < 1.29 is 4.79 Å². The van der Waals surface area contributed by atoms with Gasteiger partial charge in [0.2, 0.25) is 0 Å². The monoisotopic (exact) mass is 194 g/mol. The summed E-state index contributed by atoms with van der Waals surface area (Å²) in [6.45, 7) is 3.91. The number of carbonyl (C=O) groups is 1. The van der Waals surface area contributed by atoms with E-state index in [-0.39, 0.29) is 11.2 Å². The fourth-order valence-electron chi connectivity index (χ4n) is 1.83. The van der Waals surface area contributed by atoms with Crippen LogP contribution in [0.4, 0.5) is 0 Å². The molecule has 1 nitrogen and oxygen atoms in total. The zero-order chi connectivity index (χ0) is 9.64. The quantitative estimate of drug-likeness (QED) is 0.621. The summed E-state index contributed by atoms with van der Waals surface area (Å²) in [6.07, 6.45) is 0.555. The molecule has 0 saturated carbocycles. The van der Waals surface area contributed by atoms with E-state index >= 15 is 0 Å². The number of halogens is 1. The van der Waals surface area contributed by atoms with E-state index in [4.69, 9.17) is 11.6 Å². The maximum atomic E-state index is 11.6. The van der Waals surface area contributed by atoms with Crippen LogP contribution in [0.3, 0.4) is 0 Å². The average molecular weight is 195 g/mol. The second-order valence-electron chi connectivity index (χ2n) is 4.03. The van der Waals surface area contributed by atoms with Gasteiger partial charge in [-0.2, -0.15) is 0 Å². The Bertz CT molecular complexity index is 380. The summed E-state index contributed by atoms with van der Waals surface area (Å²) < 4.78 is 0. The molecule has 0 bridgehead atoms. The van der Waals surface area contributed by atoms with E-state index in [1.165, 1.54) is 0 Å². The molecular formula is C11H11ClO. The second-order valence-corrected chi connectivity index (χ2v) is 4.46. The van der Waals surface area contributed by atoms with E-state index in [0.717, 1.165) is 11.1 Å². The summed E-state index contributed by atoms with van der Waals surface area (Å²) in [7, 11) is 0. The van der Waals surface area contributed by atoms with Gasteiger partial charge in [-0.1, -0.05) is 17.7 Å². The van der Waals surface area contributed by atoms with Crippen molar-refractivity contribution in [2.45, 2.75) is 25.7 Å². The van der Waals surface area contributed by atoms with Crippen molar-refractivity contribution in [3.8, 4) is 0 Å². The molecule has 2 rings (SSSR count). The van der Waals surface area contributed by atoms with E-state index in [0.29, 0.717) is 11.4 Å². The largest absolute Gasteiger partial charge is 0.298 e. The van der Waals surface area contributed by atoms with Gasteiger partial charge in [0.15, 0.2) is 0 Å². The van der Waals surface area contributed by atoms with Gasteiger partial charge >= 0.3 is 0 Å². The predicted molar refractivity (Wildman–Crippen MR) is 53.2 cm³/mol. The number of rotatable bonds is 0. The lowest BCUT2D eigenvalue weighted by molar-refractivity contribution is -0.121. The summed E-state index contributed by atoms with van der Waals surface area (Å²) in [6, 6.07) is 5.70. The van der Waals surface area contributed by atoms with Crippen molar-refractivity contribution in [1.29, 1.82) is 0 Å². The van der Waals surface area contributed by atoms with Crippen LogP contribution in [-0.2, 0) is 16.6 Å². The SMILES string of the molecule is CC1(C)C(=O)Cc2ccc(Cl)cc21. The Balaban J connectivity index is 2.64. The van der Waals surface area contributed by atoms with Gasteiger partial charge in [-0.25, -0.2) is 0 Å². The molecule has 2 heteroatoms. The first-order chi connectivity index (χ1) is 6.01. The average Bonchev–Trinajstić information content (AvgIpc) is 2.27. The highest BCUT2D eigenvalue weighted by molar-refractivity contribution is 6.30. The summed E-state index contributed by atoms with van der Waals surface area (Å²) in [5.74, 6) is 0.282. The lowest BCUT2D eigenvalue weighted by atomic mass is 9.86. The number of hydrogen-bond donors (Lipinski definition) is 0. The number of carbonyl (C=O) groups excluding carboxylic acids is 1. The molecule has 0 heterocycles. The number of ketones is 1. The molecule has 0 saturated heterocycles. The summed E-state index contributed by atoms with van der Waals surface area (Å²) >= 11 is 5.89. The van der Waals surface area contributed by atoms with E-state index in [9.17, 15) is 4.79 Å². The standard InChI is InChI=1S/C11H11ClO/c1-11(2)9-6-8(12)4-3-7(9)5-10(11)13/h3-4,6H,5H2,1-2H3. The molecule has 0 fully saturated rings. The summed E-state index contributed by atoms with van der Waals surface area (Å²) in [5, 5.41) is 0.710. The number of fused-ring (bicyclic) bond motifs is 1. The molecule has 0 spiro atoms. The molecule has 0 radical (unpaired) electrons. The Morgan fingerprint density at radius 2 is 2.08 bits per heavy atom. The number of Topliss-reactive ketones (excluding diaryl/α,β-unsaturated/α-hetero) is 1. The van der Waals surface area contributed by atoms with E-state index in [1.54, 1.807) is 0 Å². The predicted octanol–water partition coefficient (Wildman–Crippen LogP) is 2.74. The van der Waals surface area contributed by atoms with Crippen LogP contribution in [0.15, 0.2) is 18.2 Å². The Morgan fingerprint density at radius 1 is 1.38 bits per heavy atom. The lowest BCUT2D eigenvalue weighted by Gasteiger charge is -2.16. The van der Waals surface area contributed by atoms with Crippen LogP contribution in [0, 0.1) is 0 Å². The van der Waals surface area contributed by atoms with Gasteiger partial charge in [0, 0.05) is 16.9 Å². The summed E-state index contributed by atoms with van der Waals surface area (Å²) in [5.41, 5.74) is 1.87. The normalized spacial score (nSPS) is 18.8. The van der Waals surface area contributed by atoms with E-state index < -0.39 is 0 Å². The minimum absolute atomic E-state index is 0.282. The fraction of sp³-hybridized carbons (Fsp3) is 0.364. The van der Waals surface area contributed by atoms with Crippen LogP contribution in [0.5, 0.6) is 0 Å². The fourth-order valence-corrected chi connectivity index (χ4v) is 2.00. The molecule has 1 aromatic carbocycles. The highest BCUT2D eigenvalue weighted by Gasteiger charge is 2.37. The van der Waals surface area contributed by atoms with Crippen LogP contribution in [0.2, 0.25) is 5.02 Å². The zero-order valence-corrected chi connectivity index (χ0v) is 8.48. The van der Waals surface area contributed by atoms with Crippen LogP contribution in [0.1, 0.15) is 25.0 Å². The van der Waals surface area contributed by atoms with Crippen LogP contribution in [-0.4, -0.2) is 5.78 Å². The van der Waals surface area contributed by atoms with Crippen LogP contribution >= 0.6 is 11.6 Å². The molecule has 68 valence electrons. The molecule has 0 aliphatic heterocycles. The minimum Gasteiger partial charge on any atom is -0.298 e. The first-order valence-electron chi connectivity index (χ1n) is 4.34. The first-order valence-corrected chi connectivity index (χ1v) is 4.72. The van der Waals surface area contributed by atoms with Crippen molar-refractivity contribution in [2.75, 3.05) is 0 Å². The molecule has 0 N–H and O–H groups in total. The van der Waals surface area contributed by atoms with Gasteiger partial charge in [0.1, 0.15) is 5.78 Å². The highest BCUT2D eigenvalue weighted by Crippen LogP contribution is 2.36. The summed E-state index contributed by atoms with van der Waals surface area (Å²) in [4.78, 5) is 11.6. The molecule has 1 aliphatic rings. The molecule has 0 aromatic heterocycles. The lowest BCUT2D eigenvalue weighted by Crippen LogP contribution is -2.23. The number of benzene rings is 1. The van der Waals surface area contributed by atoms with Crippen LogP contribution in [0.25, 0.3) is 0 Å². The number of hydrogen-bond acceptors (Lipinski definition) is 1. The van der Waals surface area contributed by atoms with Crippen molar-refractivity contribution in [2.24, 2.45) is 0 Å². The second kappa shape index (κ2) is 2.58. The van der Waals surface area contributed by atoms with Gasteiger partial charge in [-0.15, -0.1) is 0 Å². The highest BCUT2D eigenvalue weighted by atomic mass is 35.5. The smallest absolute Gasteiger partial charge is 0.147 e. The molecule has 13 heavy (non-hydrogen) atoms. The van der Waals surface area contributed by atoms with Gasteiger partial charge in [-0.05, 0) is 37.1 Å². The van der Waals surface area contributed by atoms with E-state index in [1.807, 2.05) is 32.0 Å². The Morgan fingerprint density at radius 3 is 2.77 bits per heavy atom. The molecule has 1 aliphatic carbocycles. The molecule has 0 amide bonds. The van der Waals surface area contributed by atoms with Crippen molar-refractivity contribution in [3.63, 3.8) is 0 Å². The minimum atomic E-state index is -0.347.